The van der Waals surface area contributed by atoms with Gasteiger partial charge in [0.05, 0.1) is 0 Å². The van der Waals surface area contributed by atoms with Crippen LogP contribution in [0.2, 0.25) is 0 Å². The lowest BCUT2D eigenvalue weighted by Gasteiger charge is -2.46. The lowest BCUT2D eigenvalue weighted by Crippen LogP contribution is -2.41. The third-order valence-electron chi connectivity index (χ3n) is 7.77. The average Bonchev–Trinajstić information content (AvgIpc) is 3.36. The molecule has 0 radical (unpaired) electrons. The first-order valence-electron chi connectivity index (χ1n) is 8.66. The molecule has 104 valence electrons. The van der Waals surface area contributed by atoms with Crippen molar-refractivity contribution in [3.8, 4) is 0 Å². The van der Waals surface area contributed by atoms with E-state index in [2.05, 4.69) is 24.6 Å². The summed E-state index contributed by atoms with van der Waals surface area (Å²) in [6.07, 6.45) is 11.6. The van der Waals surface area contributed by atoms with E-state index in [0.717, 1.165) is 23.7 Å². The topological polar surface area (TPSA) is 0 Å². The molecule has 5 aliphatic rings. The van der Waals surface area contributed by atoms with Crippen LogP contribution in [0.4, 0.5) is 0 Å². The van der Waals surface area contributed by atoms with Crippen LogP contribution in [0.1, 0.15) is 51.4 Å². The van der Waals surface area contributed by atoms with Crippen molar-refractivity contribution < 1.29 is 0 Å². The van der Waals surface area contributed by atoms with Gasteiger partial charge in [-0.3, -0.25) is 0 Å². The highest BCUT2D eigenvalue weighted by atomic mass is 14.9. The minimum absolute atomic E-state index is 0.505. The molecule has 5 rings (SSSR count). The van der Waals surface area contributed by atoms with Gasteiger partial charge in [0.1, 0.15) is 0 Å². The van der Waals surface area contributed by atoms with Crippen LogP contribution in [0.3, 0.4) is 0 Å². The zero-order valence-corrected chi connectivity index (χ0v) is 12.4. The Hall–Kier alpha value is -0.960. The highest BCUT2D eigenvalue weighted by molar-refractivity contribution is 5.66. The van der Waals surface area contributed by atoms with Crippen molar-refractivity contribution in [1.82, 2.24) is 0 Å². The van der Waals surface area contributed by atoms with E-state index in [1.807, 2.05) is 0 Å². The predicted molar refractivity (Wildman–Crippen MR) is 81.1 cm³/mol. The van der Waals surface area contributed by atoms with Gasteiger partial charge < -0.3 is 0 Å². The van der Waals surface area contributed by atoms with Gasteiger partial charge >= 0.3 is 0 Å². The molecule has 0 heterocycles. The zero-order valence-electron chi connectivity index (χ0n) is 12.4. The van der Waals surface area contributed by atoms with Crippen LogP contribution in [0, 0.1) is 34.5 Å². The van der Waals surface area contributed by atoms with Gasteiger partial charge in [-0.15, -0.1) is 11.5 Å². The van der Waals surface area contributed by atoms with E-state index in [1.165, 1.54) is 62.5 Å². The van der Waals surface area contributed by atoms with Gasteiger partial charge in [0.2, 0.25) is 0 Å². The number of hydrogen-bond acceptors (Lipinski definition) is 0. The zero-order chi connectivity index (χ0) is 13.5. The maximum atomic E-state index is 4.03. The van der Waals surface area contributed by atoms with Crippen LogP contribution >= 0.6 is 0 Å². The van der Waals surface area contributed by atoms with Crippen LogP contribution in [0.15, 0.2) is 35.8 Å². The summed E-state index contributed by atoms with van der Waals surface area (Å²) in [4.78, 5) is 0. The van der Waals surface area contributed by atoms with E-state index >= 15 is 0 Å². The van der Waals surface area contributed by atoms with Crippen molar-refractivity contribution in [2.24, 2.45) is 34.5 Å². The second kappa shape index (κ2) is 3.44. The standard InChI is InChI=1S/C20H24/c1-3-13-14(4-2)20(17-11-7-8-12-18(17)20)19(13)15-9-5-6-10-16(15)19/h15-18H,1-2,5-12H2. The van der Waals surface area contributed by atoms with Crippen molar-refractivity contribution in [2.75, 3.05) is 0 Å². The third-order valence-corrected chi connectivity index (χ3v) is 7.77. The largest absolute Gasteiger partial charge is 0.124 e. The first kappa shape index (κ1) is 11.7. The number of hydrogen-bond donors (Lipinski definition) is 0. The Morgan fingerprint density at radius 2 is 0.950 bits per heavy atom. The summed E-state index contributed by atoms with van der Waals surface area (Å²) >= 11 is 0. The van der Waals surface area contributed by atoms with E-state index in [0.29, 0.717) is 10.8 Å². The Morgan fingerprint density at radius 3 is 1.20 bits per heavy atom. The first-order chi connectivity index (χ1) is 9.85. The third kappa shape index (κ3) is 0.894. The van der Waals surface area contributed by atoms with Crippen LogP contribution in [0.5, 0.6) is 0 Å². The molecule has 0 aromatic heterocycles. The molecule has 0 aliphatic heterocycles. The molecule has 0 heteroatoms. The van der Waals surface area contributed by atoms with E-state index < -0.39 is 0 Å². The molecule has 0 aromatic carbocycles. The molecule has 0 saturated heterocycles. The molecular weight excluding hydrogens is 240 g/mol. The molecule has 4 unspecified atom stereocenters. The quantitative estimate of drug-likeness (QED) is 0.538. The normalized spacial score (nSPS) is 54.6. The van der Waals surface area contributed by atoms with Gasteiger partial charge in [0, 0.05) is 22.0 Å². The van der Waals surface area contributed by atoms with Crippen molar-refractivity contribution in [3.63, 3.8) is 0 Å². The second-order valence-corrected chi connectivity index (χ2v) is 7.84. The van der Waals surface area contributed by atoms with E-state index in [1.54, 1.807) is 0 Å². The molecule has 0 bridgehead atoms. The minimum atomic E-state index is 0.505. The predicted octanol–water partition coefficient (Wildman–Crippen LogP) is 5.04. The molecule has 2 spiro atoms. The molecule has 5 aliphatic carbocycles. The highest BCUT2D eigenvalue weighted by Crippen LogP contribution is 2.96. The van der Waals surface area contributed by atoms with Gasteiger partial charge in [0.25, 0.3) is 0 Å². The molecule has 5 saturated carbocycles. The van der Waals surface area contributed by atoms with Crippen molar-refractivity contribution in [3.05, 3.63) is 35.8 Å². The Bertz CT molecular complexity index is 516. The molecule has 0 amide bonds. The summed E-state index contributed by atoms with van der Waals surface area (Å²) in [7, 11) is 0. The first-order valence-corrected chi connectivity index (χ1v) is 8.66. The maximum absolute atomic E-state index is 4.03. The molecule has 5 fully saturated rings. The fourth-order valence-corrected chi connectivity index (χ4v) is 7.45. The highest BCUT2D eigenvalue weighted by Gasteiger charge is 2.92. The lowest BCUT2D eigenvalue weighted by atomic mass is 9.55. The van der Waals surface area contributed by atoms with Crippen LogP contribution in [-0.2, 0) is 0 Å². The van der Waals surface area contributed by atoms with Crippen LogP contribution in [0.25, 0.3) is 0 Å². The Morgan fingerprint density at radius 1 is 0.650 bits per heavy atom. The second-order valence-electron chi connectivity index (χ2n) is 7.84. The fourth-order valence-electron chi connectivity index (χ4n) is 7.45. The Kier molecular flexibility index (Phi) is 2.01. The van der Waals surface area contributed by atoms with Gasteiger partial charge in [0.15, 0.2) is 0 Å². The smallest absolute Gasteiger partial charge is 0.0206 e. The average molecular weight is 264 g/mol. The van der Waals surface area contributed by atoms with Gasteiger partial charge in [-0.25, -0.2) is 0 Å². The molecule has 20 heavy (non-hydrogen) atoms. The fraction of sp³-hybridized carbons (Fsp3) is 0.700. The van der Waals surface area contributed by atoms with Crippen molar-refractivity contribution in [1.29, 1.82) is 0 Å². The van der Waals surface area contributed by atoms with Crippen molar-refractivity contribution in [2.45, 2.75) is 51.4 Å². The molecular formula is C20H24. The monoisotopic (exact) mass is 264 g/mol. The molecule has 0 N–H and O–H groups in total. The molecule has 0 nitrogen and oxygen atoms in total. The van der Waals surface area contributed by atoms with Gasteiger partial charge in [-0.1, -0.05) is 38.8 Å². The van der Waals surface area contributed by atoms with E-state index in [4.69, 9.17) is 0 Å². The summed E-state index contributed by atoms with van der Waals surface area (Å²) in [5.41, 5.74) is 10.6. The van der Waals surface area contributed by atoms with Crippen molar-refractivity contribution >= 4 is 0 Å². The number of allylic oxidation sites excluding steroid dienone is 2. The minimum Gasteiger partial charge on any atom is -0.124 e. The SMILES string of the molecule is C=C=C1C(=C=C)C2(C3CCCCC32)C12C1CCCCC12. The van der Waals surface area contributed by atoms with Gasteiger partial charge in [-0.05, 0) is 49.4 Å². The summed E-state index contributed by atoms with van der Waals surface area (Å²) in [5.74, 6) is 3.85. The van der Waals surface area contributed by atoms with E-state index in [-0.39, 0.29) is 0 Å². The molecule has 4 atom stereocenters. The summed E-state index contributed by atoms with van der Waals surface area (Å²) in [6, 6.07) is 0. The summed E-state index contributed by atoms with van der Waals surface area (Å²) in [5, 5.41) is 0. The summed E-state index contributed by atoms with van der Waals surface area (Å²) < 4.78 is 0. The lowest BCUT2D eigenvalue weighted by molar-refractivity contribution is 0.225. The maximum Gasteiger partial charge on any atom is 0.0206 e. The number of rotatable bonds is 0. The number of fused-ring (bicyclic) bond motifs is 7. The van der Waals surface area contributed by atoms with E-state index in [9.17, 15) is 0 Å². The van der Waals surface area contributed by atoms with Crippen LogP contribution in [-0.4, -0.2) is 0 Å². The Labute approximate surface area is 122 Å². The van der Waals surface area contributed by atoms with Gasteiger partial charge in [-0.2, -0.15) is 0 Å². The Balaban J connectivity index is 1.67. The summed E-state index contributed by atoms with van der Waals surface area (Å²) in [6.45, 7) is 8.07. The molecule has 0 aromatic rings. The van der Waals surface area contributed by atoms with Crippen LogP contribution < -0.4 is 0 Å².